The predicted octanol–water partition coefficient (Wildman–Crippen LogP) is 4.25. The Kier molecular flexibility index (Phi) is 5.27. The standard InChI is InChI=1S/C17H18ClNO3S2/c18-13-5-7-14(8-6-13)24(21,22)16-10-9-15(23-16)17(20)19-11-3-1-2-4-12-19/h5-10H,1-4,11-12H2. The molecule has 1 amide bonds. The summed E-state index contributed by atoms with van der Waals surface area (Å²) in [5, 5.41) is 0.483. The van der Waals surface area contributed by atoms with Crippen LogP contribution in [0.5, 0.6) is 0 Å². The smallest absolute Gasteiger partial charge is 0.263 e. The number of thiophene rings is 1. The molecule has 1 fully saturated rings. The number of rotatable bonds is 3. The Bertz CT molecular complexity index is 820. The van der Waals surface area contributed by atoms with Crippen molar-refractivity contribution in [2.24, 2.45) is 0 Å². The molecular weight excluding hydrogens is 366 g/mol. The molecule has 7 heteroatoms. The Hall–Kier alpha value is -1.37. The molecule has 3 rings (SSSR count). The van der Waals surface area contributed by atoms with Crippen molar-refractivity contribution in [3.63, 3.8) is 0 Å². The third-order valence-electron chi connectivity index (χ3n) is 4.07. The molecule has 0 atom stereocenters. The first-order valence-electron chi connectivity index (χ1n) is 7.88. The molecule has 0 unspecified atom stereocenters. The zero-order valence-corrected chi connectivity index (χ0v) is 15.5. The summed E-state index contributed by atoms with van der Waals surface area (Å²) in [6.07, 6.45) is 4.30. The molecule has 0 bridgehead atoms. The van der Waals surface area contributed by atoms with E-state index >= 15 is 0 Å². The second-order valence-electron chi connectivity index (χ2n) is 5.78. The maximum absolute atomic E-state index is 12.7. The van der Waals surface area contributed by atoms with Crippen molar-refractivity contribution in [2.75, 3.05) is 13.1 Å². The van der Waals surface area contributed by atoms with Crippen LogP contribution >= 0.6 is 22.9 Å². The summed E-state index contributed by atoms with van der Waals surface area (Å²) in [4.78, 5) is 15.1. The lowest BCUT2D eigenvalue weighted by Crippen LogP contribution is -2.31. The lowest BCUT2D eigenvalue weighted by molar-refractivity contribution is 0.0766. The number of benzene rings is 1. The fourth-order valence-corrected chi connectivity index (χ4v) is 5.54. The average molecular weight is 384 g/mol. The molecule has 0 aliphatic carbocycles. The predicted molar refractivity (Wildman–Crippen MR) is 95.6 cm³/mol. The van der Waals surface area contributed by atoms with Gasteiger partial charge in [0.15, 0.2) is 0 Å². The van der Waals surface area contributed by atoms with Crippen molar-refractivity contribution in [1.29, 1.82) is 0 Å². The van der Waals surface area contributed by atoms with E-state index in [1.165, 1.54) is 18.2 Å². The van der Waals surface area contributed by atoms with Crippen molar-refractivity contribution in [2.45, 2.75) is 34.8 Å². The van der Waals surface area contributed by atoms with Gasteiger partial charge in [-0.2, -0.15) is 0 Å². The molecule has 128 valence electrons. The molecule has 0 radical (unpaired) electrons. The maximum atomic E-state index is 12.7. The minimum absolute atomic E-state index is 0.0699. The number of halogens is 1. The van der Waals surface area contributed by atoms with Crippen LogP contribution in [-0.2, 0) is 9.84 Å². The number of likely N-dealkylation sites (tertiary alicyclic amines) is 1. The van der Waals surface area contributed by atoms with Crippen LogP contribution in [0.25, 0.3) is 0 Å². The summed E-state index contributed by atoms with van der Waals surface area (Å²) in [5.41, 5.74) is 0. The van der Waals surface area contributed by atoms with Crippen LogP contribution < -0.4 is 0 Å². The van der Waals surface area contributed by atoms with Crippen molar-refractivity contribution >= 4 is 38.7 Å². The number of carbonyl (C=O) groups excluding carboxylic acids is 1. The van der Waals surface area contributed by atoms with Crippen LogP contribution in [0.3, 0.4) is 0 Å². The molecular formula is C17H18ClNO3S2. The first-order chi connectivity index (χ1) is 11.5. The first-order valence-corrected chi connectivity index (χ1v) is 10.6. The molecule has 2 heterocycles. The van der Waals surface area contributed by atoms with Gasteiger partial charge in [-0.3, -0.25) is 4.79 Å². The van der Waals surface area contributed by atoms with Gasteiger partial charge in [0, 0.05) is 18.1 Å². The SMILES string of the molecule is O=C(c1ccc(S(=O)(=O)c2ccc(Cl)cc2)s1)N1CCCCCC1. The van der Waals surface area contributed by atoms with Gasteiger partial charge in [-0.1, -0.05) is 24.4 Å². The van der Waals surface area contributed by atoms with Crippen LogP contribution in [0.4, 0.5) is 0 Å². The lowest BCUT2D eigenvalue weighted by Gasteiger charge is -2.19. The highest BCUT2D eigenvalue weighted by Gasteiger charge is 2.24. The van der Waals surface area contributed by atoms with Crippen LogP contribution in [0.1, 0.15) is 35.4 Å². The summed E-state index contributed by atoms with van der Waals surface area (Å²) < 4.78 is 25.5. The van der Waals surface area contributed by atoms with Gasteiger partial charge in [-0.15, -0.1) is 11.3 Å². The molecule has 24 heavy (non-hydrogen) atoms. The van der Waals surface area contributed by atoms with E-state index in [1.54, 1.807) is 18.2 Å². The molecule has 1 saturated heterocycles. The van der Waals surface area contributed by atoms with Gasteiger partial charge in [0.25, 0.3) is 5.91 Å². The van der Waals surface area contributed by atoms with Crippen molar-refractivity contribution < 1.29 is 13.2 Å². The van der Waals surface area contributed by atoms with Crippen LogP contribution in [0.2, 0.25) is 5.02 Å². The summed E-state index contributed by atoms with van der Waals surface area (Å²) in [7, 11) is -3.62. The van der Waals surface area contributed by atoms with E-state index in [-0.39, 0.29) is 15.0 Å². The van der Waals surface area contributed by atoms with Gasteiger partial charge in [0.2, 0.25) is 9.84 Å². The molecule has 4 nitrogen and oxygen atoms in total. The second-order valence-corrected chi connectivity index (χ2v) is 9.48. The minimum atomic E-state index is -3.62. The quantitative estimate of drug-likeness (QED) is 0.796. The summed E-state index contributed by atoms with van der Waals surface area (Å²) in [6.45, 7) is 1.49. The summed E-state index contributed by atoms with van der Waals surface area (Å²) in [5.74, 6) is -0.0699. The zero-order valence-electron chi connectivity index (χ0n) is 13.1. The van der Waals surface area contributed by atoms with Gasteiger partial charge < -0.3 is 4.90 Å². The van der Waals surface area contributed by atoms with Gasteiger partial charge in [0.1, 0.15) is 4.21 Å². The fourth-order valence-electron chi connectivity index (χ4n) is 2.74. The van der Waals surface area contributed by atoms with Gasteiger partial charge in [-0.25, -0.2) is 8.42 Å². The van der Waals surface area contributed by atoms with E-state index in [1.807, 2.05) is 4.90 Å². The lowest BCUT2D eigenvalue weighted by atomic mass is 10.2. The van der Waals surface area contributed by atoms with Crippen LogP contribution in [0.15, 0.2) is 45.5 Å². The Balaban J connectivity index is 1.84. The molecule has 1 aliphatic heterocycles. The largest absolute Gasteiger partial charge is 0.338 e. The normalized spacial score (nSPS) is 16.0. The average Bonchev–Trinajstić information content (AvgIpc) is 2.92. The van der Waals surface area contributed by atoms with Gasteiger partial charge >= 0.3 is 0 Å². The van der Waals surface area contributed by atoms with Crippen molar-refractivity contribution in [1.82, 2.24) is 4.90 Å². The van der Waals surface area contributed by atoms with Gasteiger partial charge in [-0.05, 0) is 49.2 Å². The third-order valence-corrected chi connectivity index (χ3v) is 7.66. The Morgan fingerprint density at radius 1 is 0.958 bits per heavy atom. The molecule has 0 N–H and O–H groups in total. The van der Waals surface area contributed by atoms with E-state index in [9.17, 15) is 13.2 Å². The zero-order chi connectivity index (χ0) is 17.2. The molecule has 2 aromatic rings. The van der Waals surface area contributed by atoms with Crippen molar-refractivity contribution in [3.8, 4) is 0 Å². The van der Waals surface area contributed by atoms with Crippen LogP contribution in [0, 0.1) is 0 Å². The Labute approximate surface area is 151 Å². The number of carbonyl (C=O) groups is 1. The third kappa shape index (κ3) is 3.66. The second kappa shape index (κ2) is 7.25. The highest BCUT2D eigenvalue weighted by atomic mass is 35.5. The molecule has 1 aromatic carbocycles. The highest BCUT2D eigenvalue weighted by molar-refractivity contribution is 7.93. The molecule has 1 aliphatic rings. The number of amides is 1. The van der Waals surface area contributed by atoms with Crippen LogP contribution in [-0.4, -0.2) is 32.3 Å². The molecule has 0 spiro atoms. The van der Waals surface area contributed by atoms with Crippen molar-refractivity contribution in [3.05, 3.63) is 46.3 Å². The number of hydrogen-bond acceptors (Lipinski definition) is 4. The Morgan fingerprint density at radius 2 is 1.58 bits per heavy atom. The van der Waals surface area contributed by atoms with E-state index in [2.05, 4.69) is 0 Å². The monoisotopic (exact) mass is 383 g/mol. The van der Waals surface area contributed by atoms with E-state index in [0.717, 1.165) is 50.1 Å². The Morgan fingerprint density at radius 3 is 2.21 bits per heavy atom. The number of hydrogen-bond donors (Lipinski definition) is 0. The summed E-state index contributed by atoms with van der Waals surface area (Å²) in [6, 6.07) is 9.18. The topological polar surface area (TPSA) is 54.5 Å². The molecule has 0 saturated carbocycles. The minimum Gasteiger partial charge on any atom is -0.338 e. The molecule has 1 aromatic heterocycles. The van der Waals surface area contributed by atoms with Gasteiger partial charge in [0.05, 0.1) is 9.77 Å². The number of nitrogens with zero attached hydrogens (tertiary/aromatic N) is 1. The summed E-state index contributed by atoms with van der Waals surface area (Å²) >= 11 is 6.85. The first kappa shape index (κ1) is 17.5. The maximum Gasteiger partial charge on any atom is 0.263 e. The highest BCUT2D eigenvalue weighted by Crippen LogP contribution is 2.29. The number of sulfone groups is 1. The van der Waals surface area contributed by atoms with E-state index in [0.29, 0.717) is 9.90 Å². The van der Waals surface area contributed by atoms with E-state index in [4.69, 9.17) is 11.6 Å². The van der Waals surface area contributed by atoms with E-state index < -0.39 is 9.84 Å². The fraction of sp³-hybridized carbons (Fsp3) is 0.353.